The van der Waals surface area contributed by atoms with Gasteiger partial charge >= 0.3 is 0 Å². The number of hydrogen-bond acceptors (Lipinski definition) is 3. The number of aromatic nitrogens is 2. The lowest BCUT2D eigenvalue weighted by atomic mass is 10.1. The largest absolute Gasteiger partial charge is 0.312 e. The quantitative estimate of drug-likeness (QED) is 0.839. The number of likely N-dealkylation sites (tertiary alicyclic amines) is 1. The molecular formula is C17H32N4. The Balaban J connectivity index is 1.73. The van der Waals surface area contributed by atoms with Crippen LogP contribution in [0.2, 0.25) is 0 Å². The molecule has 1 aliphatic rings. The van der Waals surface area contributed by atoms with Gasteiger partial charge < -0.3 is 10.2 Å². The fourth-order valence-corrected chi connectivity index (χ4v) is 3.28. The highest BCUT2D eigenvalue weighted by molar-refractivity contribution is 5.19. The van der Waals surface area contributed by atoms with Gasteiger partial charge in [-0.1, -0.05) is 27.2 Å². The van der Waals surface area contributed by atoms with E-state index in [0.29, 0.717) is 11.8 Å². The lowest BCUT2D eigenvalue weighted by Crippen LogP contribution is -2.36. The topological polar surface area (TPSA) is 33.1 Å². The molecule has 1 unspecified atom stereocenters. The number of piperidine rings is 1. The Bertz CT molecular complexity index is 418. The van der Waals surface area contributed by atoms with E-state index in [4.69, 9.17) is 0 Å². The standard InChI is InChI=1S/C17H32N4/c1-14(2)17-16(13-20(4)19-17)11-18-10-15(3)12-21-8-6-5-7-9-21/h13-15,18H,5-12H2,1-4H3. The Morgan fingerprint density at radius 2 is 1.90 bits per heavy atom. The number of nitrogens with one attached hydrogen (secondary N) is 1. The lowest BCUT2D eigenvalue weighted by Gasteiger charge is -2.29. The molecule has 1 N–H and O–H groups in total. The first-order valence-electron chi connectivity index (χ1n) is 8.51. The van der Waals surface area contributed by atoms with Gasteiger partial charge in [0.2, 0.25) is 0 Å². The highest BCUT2D eigenvalue weighted by Crippen LogP contribution is 2.17. The van der Waals surface area contributed by atoms with Gasteiger partial charge in [0.05, 0.1) is 5.69 Å². The summed E-state index contributed by atoms with van der Waals surface area (Å²) in [5.74, 6) is 1.20. The Morgan fingerprint density at radius 1 is 1.19 bits per heavy atom. The minimum absolute atomic E-state index is 0.494. The summed E-state index contributed by atoms with van der Waals surface area (Å²) in [5.41, 5.74) is 2.58. The second kappa shape index (κ2) is 7.95. The zero-order chi connectivity index (χ0) is 15.2. The van der Waals surface area contributed by atoms with Crippen LogP contribution in [-0.2, 0) is 13.6 Å². The van der Waals surface area contributed by atoms with Crippen molar-refractivity contribution < 1.29 is 0 Å². The van der Waals surface area contributed by atoms with E-state index in [1.807, 2.05) is 11.7 Å². The van der Waals surface area contributed by atoms with E-state index in [1.165, 1.54) is 50.2 Å². The van der Waals surface area contributed by atoms with Gasteiger partial charge in [-0.25, -0.2) is 0 Å². The van der Waals surface area contributed by atoms with Crippen molar-refractivity contribution in [2.75, 3.05) is 26.2 Å². The molecule has 2 rings (SSSR count). The molecule has 4 nitrogen and oxygen atoms in total. The van der Waals surface area contributed by atoms with Crippen molar-refractivity contribution in [3.63, 3.8) is 0 Å². The van der Waals surface area contributed by atoms with Crippen LogP contribution >= 0.6 is 0 Å². The van der Waals surface area contributed by atoms with Gasteiger partial charge in [-0.3, -0.25) is 4.68 Å². The van der Waals surface area contributed by atoms with Crippen LogP contribution < -0.4 is 5.32 Å². The molecule has 0 bridgehead atoms. The number of aryl methyl sites for hydroxylation is 1. The summed E-state index contributed by atoms with van der Waals surface area (Å²) < 4.78 is 1.93. The molecule has 1 aromatic heterocycles. The molecule has 120 valence electrons. The van der Waals surface area contributed by atoms with Crippen molar-refractivity contribution in [2.45, 2.75) is 52.5 Å². The zero-order valence-electron chi connectivity index (χ0n) is 14.2. The van der Waals surface area contributed by atoms with E-state index in [-0.39, 0.29) is 0 Å². The summed E-state index contributed by atoms with van der Waals surface area (Å²) in [6.07, 6.45) is 6.33. The molecule has 0 saturated carbocycles. The normalized spacial score (nSPS) is 18.3. The molecule has 0 radical (unpaired) electrons. The predicted octanol–water partition coefficient (Wildman–Crippen LogP) is 2.76. The number of hydrogen-bond donors (Lipinski definition) is 1. The first-order chi connectivity index (χ1) is 10.1. The molecule has 21 heavy (non-hydrogen) atoms. The minimum Gasteiger partial charge on any atom is -0.312 e. The molecule has 0 amide bonds. The SMILES string of the molecule is CC(CNCc1cn(C)nc1C(C)C)CN1CCCCC1. The van der Waals surface area contributed by atoms with Crippen LogP contribution in [0.25, 0.3) is 0 Å². The van der Waals surface area contributed by atoms with Crippen LogP contribution in [0.4, 0.5) is 0 Å². The number of rotatable bonds is 7. The van der Waals surface area contributed by atoms with Crippen LogP contribution in [0, 0.1) is 5.92 Å². The lowest BCUT2D eigenvalue weighted by molar-refractivity contribution is 0.199. The van der Waals surface area contributed by atoms with Gasteiger partial charge in [-0.15, -0.1) is 0 Å². The Kier molecular flexibility index (Phi) is 6.24. The summed E-state index contributed by atoms with van der Waals surface area (Å²) >= 11 is 0. The molecule has 1 fully saturated rings. The molecule has 1 saturated heterocycles. The summed E-state index contributed by atoms with van der Waals surface area (Å²) in [6.45, 7) is 12.6. The van der Waals surface area contributed by atoms with Gasteiger partial charge in [0.25, 0.3) is 0 Å². The molecule has 0 aliphatic carbocycles. The van der Waals surface area contributed by atoms with Crippen molar-refractivity contribution >= 4 is 0 Å². The minimum atomic E-state index is 0.494. The monoisotopic (exact) mass is 292 g/mol. The smallest absolute Gasteiger partial charge is 0.0694 e. The van der Waals surface area contributed by atoms with Gasteiger partial charge in [0.15, 0.2) is 0 Å². The molecule has 1 aliphatic heterocycles. The maximum Gasteiger partial charge on any atom is 0.0694 e. The van der Waals surface area contributed by atoms with Gasteiger partial charge in [0, 0.05) is 31.9 Å². The highest BCUT2D eigenvalue weighted by Gasteiger charge is 2.14. The van der Waals surface area contributed by atoms with Crippen LogP contribution in [-0.4, -0.2) is 40.9 Å². The molecular weight excluding hydrogens is 260 g/mol. The van der Waals surface area contributed by atoms with Crippen molar-refractivity contribution in [2.24, 2.45) is 13.0 Å². The van der Waals surface area contributed by atoms with Crippen LogP contribution in [0.1, 0.15) is 57.2 Å². The second-order valence-electron chi connectivity index (χ2n) is 6.97. The Hall–Kier alpha value is -0.870. The molecule has 2 heterocycles. The molecule has 0 aromatic carbocycles. The average molecular weight is 292 g/mol. The van der Waals surface area contributed by atoms with E-state index in [1.54, 1.807) is 0 Å². The van der Waals surface area contributed by atoms with Gasteiger partial charge in [-0.2, -0.15) is 5.10 Å². The highest BCUT2D eigenvalue weighted by atomic mass is 15.3. The van der Waals surface area contributed by atoms with Gasteiger partial charge in [0.1, 0.15) is 0 Å². The van der Waals surface area contributed by atoms with Crippen molar-refractivity contribution in [1.29, 1.82) is 0 Å². The fraction of sp³-hybridized carbons (Fsp3) is 0.824. The first kappa shape index (κ1) is 16.5. The molecule has 1 atom stereocenters. The third kappa shape index (κ3) is 5.11. The second-order valence-corrected chi connectivity index (χ2v) is 6.97. The average Bonchev–Trinajstić information content (AvgIpc) is 2.81. The maximum absolute atomic E-state index is 4.57. The van der Waals surface area contributed by atoms with E-state index < -0.39 is 0 Å². The zero-order valence-corrected chi connectivity index (χ0v) is 14.2. The predicted molar refractivity (Wildman–Crippen MR) is 88.5 cm³/mol. The van der Waals surface area contributed by atoms with Crippen LogP contribution in [0.5, 0.6) is 0 Å². The molecule has 0 spiro atoms. The summed E-state index contributed by atoms with van der Waals surface area (Å²) in [7, 11) is 2.01. The summed E-state index contributed by atoms with van der Waals surface area (Å²) in [4.78, 5) is 2.62. The summed E-state index contributed by atoms with van der Waals surface area (Å²) in [5, 5.41) is 8.19. The van der Waals surface area contributed by atoms with Gasteiger partial charge in [-0.05, 0) is 44.3 Å². The van der Waals surface area contributed by atoms with Crippen molar-refractivity contribution in [1.82, 2.24) is 20.0 Å². The molecule has 4 heteroatoms. The van der Waals surface area contributed by atoms with Crippen molar-refractivity contribution in [3.05, 3.63) is 17.5 Å². The summed E-state index contributed by atoms with van der Waals surface area (Å²) in [6, 6.07) is 0. The Labute approximate surface area is 129 Å². The van der Waals surface area contributed by atoms with Crippen LogP contribution in [0.15, 0.2) is 6.20 Å². The van der Waals surface area contributed by atoms with E-state index >= 15 is 0 Å². The first-order valence-corrected chi connectivity index (χ1v) is 8.51. The van der Waals surface area contributed by atoms with Crippen molar-refractivity contribution in [3.8, 4) is 0 Å². The van der Waals surface area contributed by atoms with E-state index in [0.717, 1.165) is 13.1 Å². The Morgan fingerprint density at radius 3 is 2.57 bits per heavy atom. The molecule has 1 aromatic rings. The number of nitrogens with zero attached hydrogens (tertiary/aromatic N) is 3. The third-order valence-corrected chi connectivity index (χ3v) is 4.31. The third-order valence-electron chi connectivity index (χ3n) is 4.31. The maximum atomic E-state index is 4.57. The van der Waals surface area contributed by atoms with E-state index in [2.05, 4.69) is 42.3 Å². The van der Waals surface area contributed by atoms with Crippen LogP contribution in [0.3, 0.4) is 0 Å². The fourth-order valence-electron chi connectivity index (χ4n) is 3.28. The van der Waals surface area contributed by atoms with E-state index in [9.17, 15) is 0 Å².